The summed E-state index contributed by atoms with van der Waals surface area (Å²) >= 11 is 1.31. The van der Waals surface area contributed by atoms with E-state index in [-0.39, 0.29) is 5.56 Å². The predicted octanol–water partition coefficient (Wildman–Crippen LogP) is 7.71. The molecular formula is C30H25F3N4O2S. The quantitative estimate of drug-likeness (QED) is 0.199. The molecule has 1 aliphatic heterocycles. The molecule has 1 N–H and O–H groups in total. The van der Waals surface area contributed by atoms with Crippen LogP contribution in [0.2, 0.25) is 0 Å². The second kappa shape index (κ2) is 10.5. The van der Waals surface area contributed by atoms with Crippen molar-refractivity contribution in [3.05, 3.63) is 72.2 Å². The Morgan fingerprint density at radius 1 is 1.10 bits per heavy atom. The van der Waals surface area contributed by atoms with Crippen LogP contribution in [0, 0.1) is 23.1 Å². The van der Waals surface area contributed by atoms with Gasteiger partial charge < -0.3 is 9.47 Å². The predicted molar refractivity (Wildman–Crippen MR) is 149 cm³/mol. The Kier molecular flexibility index (Phi) is 6.86. The molecule has 3 aromatic carbocycles. The number of halogens is 3. The topological polar surface area (TPSA) is 74.2 Å². The fourth-order valence-electron chi connectivity index (χ4n) is 5.04. The molecule has 10 heteroatoms. The molecular weight excluding hydrogens is 537 g/mol. The summed E-state index contributed by atoms with van der Waals surface area (Å²) in [6, 6.07) is 16.5. The number of rotatable bonds is 9. The average molecular weight is 563 g/mol. The minimum Gasteiger partial charge on any atom is -0.492 e. The van der Waals surface area contributed by atoms with Gasteiger partial charge in [0, 0.05) is 59.6 Å². The molecule has 5 aromatic rings. The van der Waals surface area contributed by atoms with Crippen LogP contribution in [0.4, 0.5) is 13.2 Å². The van der Waals surface area contributed by atoms with Crippen molar-refractivity contribution >= 4 is 32.3 Å². The van der Waals surface area contributed by atoms with Gasteiger partial charge in [0.15, 0.2) is 5.75 Å². The largest absolute Gasteiger partial charge is 0.492 e. The normalized spacial score (nSPS) is 14.4. The van der Waals surface area contributed by atoms with Gasteiger partial charge in [-0.25, -0.2) is 13.2 Å². The lowest BCUT2D eigenvalue weighted by molar-refractivity contribution is 0.0178. The van der Waals surface area contributed by atoms with Gasteiger partial charge in [-0.1, -0.05) is 6.07 Å². The Bertz CT molecular complexity index is 1710. The number of H-pyrrole nitrogens is 1. The Hall–Kier alpha value is -4.07. The minimum absolute atomic E-state index is 0.213. The lowest BCUT2D eigenvalue weighted by Crippen LogP contribution is -2.47. The maximum absolute atomic E-state index is 14.6. The van der Waals surface area contributed by atoms with Gasteiger partial charge in [0.25, 0.3) is 5.92 Å². The summed E-state index contributed by atoms with van der Waals surface area (Å²) in [5.41, 5.74) is 0.620. The van der Waals surface area contributed by atoms with Crippen molar-refractivity contribution in [3.8, 4) is 33.8 Å². The molecule has 3 heterocycles. The monoisotopic (exact) mass is 562 g/mol. The Morgan fingerprint density at radius 2 is 1.88 bits per heavy atom. The van der Waals surface area contributed by atoms with Crippen molar-refractivity contribution in [2.75, 3.05) is 26.2 Å². The molecule has 0 aliphatic carbocycles. The van der Waals surface area contributed by atoms with Crippen LogP contribution in [0.5, 0.6) is 17.2 Å². The van der Waals surface area contributed by atoms with E-state index in [0.29, 0.717) is 41.1 Å². The van der Waals surface area contributed by atoms with Gasteiger partial charge in [0.2, 0.25) is 0 Å². The van der Waals surface area contributed by atoms with E-state index >= 15 is 0 Å². The maximum atomic E-state index is 14.6. The van der Waals surface area contributed by atoms with Crippen LogP contribution in [0.15, 0.2) is 60.8 Å². The van der Waals surface area contributed by atoms with E-state index in [9.17, 15) is 13.2 Å². The van der Waals surface area contributed by atoms with Gasteiger partial charge in [-0.05, 0) is 54.4 Å². The highest BCUT2D eigenvalue weighted by atomic mass is 32.1. The molecule has 204 valence electrons. The van der Waals surface area contributed by atoms with Crippen LogP contribution in [0.1, 0.15) is 18.9 Å². The summed E-state index contributed by atoms with van der Waals surface area (Å²) in [5, 5.41) is 17.4. The zero-order valence-corrected chi connectivity index (χ0v) is 22.4. The average Bonchev–Trinajstić information content (AvgIpc) is 3.52. The zero-order chi connectivity index (χ0) is 27.9. The Balaban J connectivity index is 1.28. The number of nitrogens with one attached hydrogen (secondary N) is 1. The van der Waals surface area contributed by atoms with E-state index in [4.69, 9.17) is 14.7 Å². The molecule has 0 radical (unpaired) electrons. The van der Waals surface area contributed by atoms with Crippen LogP contribution in [-0.4, -0.2) is 41.3 Å². The van der Waals surface area contributed by atoms with Gasteiger partial charge >= 0.3 is 0 Å². The van der Waals surface area contributed by atoms with Gasteiger partial charge in [0.05, 0.1) is 22.7 Å². The number of hydrogen-bond acceptors (Lipinski definition) is 6. The SMILES string of the molecule is CC(F)(F)c1cc(F)ccc1-c1sc2c(ccc3[nH]ncc32)c1Oc1ccc(OCCN2CC(CC#N)C2)cc1. The molecule has 6 rings (SSSR count). The lowest BCUT2D eigenvalue weighted by Gasteiger charge is -2.37. The number of hydrogen-bond donors (Lipinski definition) is 1. The summed E-state index contributed by atoms with van der Waals surface area (Å²) in [5.74, 6) is -1.93. The number of likely N-dealkylation sites (tertiary alicyclic amines) is 1. The van der Waals surface area contributed by atoms with Crippen LogP contribution in [0.25, 0.3) is 31.4 Å². The maximum Gasteiger partial charge on any atom is 0.271 e. The molecule has 0 atom stereocenters. The minimum atomic E-state index is -3.26. The third kappa shape index (κ3) is 5.10. The van der Waals surface area contributed by atoms with Gasteiger partial charge in [0.1, 0.15) is 23.9 Å². The molecule has 2 aromatic heterocycles. The first-order valence-corrected chi connectivity index (χ1v) is 13.7. The summed E-state index contributed by atoms with van der Waals surface area (Å²) in [7, 11) is 0. The van der Waals surface area contributed by atoms with Crippen molar-refractivity contribution in [1.29, 1.82) is 5.26 Å². The fraction of sp³-hybridized carbons (Fsp3) is 0.267. The fourth-order valence-corrected chi connectivity index (χ4v) is 6.32. The van der Waals surface area contributed by atoms with Crippen LogP contribution in [-0.2, 0) is 5.92 Å². The Morgan fingerprint density at radius 3 is 2.62 bits per heavy atom. The second-order valence-electron chi connectivity index (χ2n) is 10.0. The summed E-state index contributed by atoms with van der Waals surface area (Å²) in [6.45, 7) is 3.92. The van der Waals surface area contributed by atoms with Crippen LogP contribution >= 0.6 is 11.3 Å². The second-order valence-corrected chi connectivity index (χ2v) is 11.0. The first-order chi connectivity index (χ1) is 19.3. The summed E-state index contributed by atoms with van der Waals surface area (Å²) in [4.78, 5) is 2.73. The number of ether oxygens (including phenoxy) is 2. The zero-order valence-electron chi connectivity index (χ0n) is 21.6. The molecule has 6 nitrogen and oxygen atoms in total. The summed E-state index contributed by atoms with van der Waals surface area (Å²) < 4.78 is 56.4. The van der Waals surface area contributed by atoms with Gasteiger partial charge in [-0.3, -0.25) is 10.00 Å². The van der Waals surface area contributed by atoms with E-state index in [1.165, 1.54) is 23.5 Å². The standard InChI is InChI=1S/C30H25F3N4O2S/c1-30(32,33)25-14-19(31)2-7-22(25)29-27(23-8-9-26-24(15-35-36-26)28(23)40-29)39-21-5-3-20(4-6-21)38-13-12-37-16-18(17-37)10-11-34/h2-9,14-15,18H,10,12-13,16-17H2,1H3,(H,35,36). The third-order valence-electron chi connectivity index (χ3n) is 7.06. The number of nitriles is 1. The smallest absolute Gasteiger partial charge is 0.271 e. The molecule has 1 fully saturated rings. The number of thiophene rings is 1. The molecule has 0 amide bonds. The third-order valence-corrected chi connectivity index (χ3v) is 8.31. The number of benzene rings is 3. The number of fused-ring (bicyclic) bond motifs is 3. The first-order valence-electron chi connectivity index (χ1n) is 12.9. The lowest BCUT2D eigenvalue weighted by atomic mass is 9.97. The van der Waals surface area contributed by atoms with E-state index in [1.807, 2.05) is 12.1 Å². The van der Waals surface area contributed by atoms with E-state index in [2.05, 4.69) is 21.2 Å². The number of aromatic amines is 1. The van der Waals surface area contributed by atoms with Crippen molar-refractivity contribution < 1.29 is 22.6 Å². The summed E-state index contributed by atoms with van der Waals surface area (Å²) in [6.07, 6.45) is 2.29. The van der Waals surface area contributed by atoms with Crippen molar-refractivity contribution in [1.82, 2.24) is 15.1 Å². The van der Waals surface area contributed by atoms with Crippen molar-refractivity contribution in [2.24, 2.45) is 5.92 Å². The van der Waals surface area contributed by atoms with Crippen molar-refractivity contribution in [3.63, 3.8) is 0 Å². The molecule has 0 bridgehead atoms. The number of alkyl halides is 2. The van der Waals surface area contributed by atoms with E-state index in [1.54, 1.807) is 30.5 Å². The first kappa shape index (κ1) is 26.2. The Labute approximate surface area is 232 Å². The number of aromatic nitrogens is 2. The molecule has 0 saturated carbocycles. The van der Waals surface area contributed by atoms with Gasteiger partial charge in [-0.2, -0.15) is 10.4 Å². The molecule has 1 saturated heterocycles. The number of nitrogens with zero attached hydrogens (tertiary/aromatic N) is 3. The molecule has 0 unspecified atom stereocenters. The van der Waals surface area contributed by atoms with Gasteiger partial charge in [-0.15, -0.1) is 11.3 Å². The molecule has 40 heavy (non-hydrogen) atoms. The van der Waals surface area contributed by atoms with Crippen molar-refractivity contribution in [2.45, 2.75) is 19.3 Å². The van der Waals surface area contributed by atoms with Crippen LogP contribution < -0.4 is 9.47 Å². The highest BCUT2D eigenvalue weighted by Crippen LogP contribution is 2.50. The van der Waals surface area contributed by atoms with Crippen LogP contribution in [0.3, 0.4) is 0 Å². The highest BCUT2D eigenvalue weighted by molar-refractivity contribution is 7.23. The molecule has 1 aliphatic rings. The highest BCUT2D eigenvalue weighted by Gasteiger charge is 2.31. The van der Waals surface area contributed by atoms with E-state index in [0.717, 1.165) is 53.6 Å². The molecule has 0 spiro atoms. The van der Waals surface area contributed by atoms with E-state index < -0.39 is 17.3 Å².